The van der Waals surface area contributed by atoms with Crippen LogP contribution in [0.25, 0.3) is 0 Å². The molecule has 0 radical (unpaired) electrons. The highest BCUT2D eigenvalue weighted by Crippen LogP contribution is 2.34. The van der Waals surface area contributed by atoms with Crippen LogP contribution in [0, 0.1) is 0 Å². The van der Waals surface area contributed by atoms with Crippen LogP contribution in [-0.4, -0.2) is 29.9 Å². The van der Waals surface area contributed by atoms with Gasteiger partial charge in [0, 0.05) is 5.41 Å². The summed E-state index contributed by atoms with van der Waals surface area (Å²) >= 11 is 0. The Bertz CT molecular complexity index is 643. The maximum atomic E-state index is 11.8. The van der Waals surface area contributed by atoms with Gasteiger partial charge in [-0.25, -0.2) is 9.48 Å². The third-order valence-electron chi connectivity index (χ3n) is 3.11. The molecule has 1 saturated carbocycles. The summed E-state index contributed by atoms with van der Waals surface area (Å²) in [5, 5.41) is 15.5. The van der Waals surface area contributed by atoms with Crippen molar-refractivity contribution in [3.8, 4) is 0 Å². The highest BCUT2D eigenvalue weighted by molar-refractivity contribution is 5.03. The van der Waals surface area contributed by atoms with Crippen molar-refractivity contribution in [2.45, 2.75) is 51.6 Å². The number of rotatable bonds is 3. The van der Waals surface area contributed by atoms with Gasteiger partial charge in [0.15, 0.2) is 11.6 Å². The minimum atomic E-state index is -0.477. The standard InChI is InChI=1S/C11H16N6O2/c1-11(2,3)9-13-19-10(18)16(9)6-8-12-14-15-17(8)7-4-5-7/h7H,4-6H2,1-3H3. The monoisotopic (exact) mass is 264 g/mol. The smallest absolute Gasteiger partial charge is 0.296 e. The van der Waals surface area contributed by atoms with Crippen molar-refractivity contribution in [1.29, 1.82) is 0 Å². The van der Waals surface area contributed by atoms with Crippen LogP contribution in [0.1, 0.15) is 51.3 Å². The summed E-state index contributed by atoms with van der Waals surface area (Å²) in [6.45, 7) is 6.22. The van der Waals surface area contributed by atoms with Gasteiger partial charge < -0.3 is 0 Å². The molecule has 0 atom stereocenters. The summed E-state index contributed by atoms with van der Waals surface area (Å²) < 4.78 is 8.04. The van der Waals surface area contributed by atoms with E-state index in [0.29, 0.717) is 24.2 Å². The minimum absolute atomic E-state index is 0.274. The summed E-state index contributed by atoms with van der Waals surface area (Å²) in [6, 6.07) is 0.374. The summed E-state index contributed by atoms with van der Waals surface area (Å²) in [6.07, 6.45) is 2.17. The van der Waals surface area contributed by atoms with E-state index in [1.807, 2.05) is 20.8 Å². The molecule has 3 rings (SSSR count). The van der Waals surface area contributed by atoms with Crippen molar-refractivity contribution in [1.82, 2.24) is 29.9 Å². The molecule has 8 nitrogen and oxygen atoms in total. The number of nitrogens with zero attached hydrogens (tertiary/aromatic N) is 6. The first-order chi connectivity index (χ1) is 8.97. The molecule has 0 spiro atoms. The van der Waals surface area contributed by atoms with Gasteiger partial charge in [0.2, 0.25) is 0 Å². The molecule has 0 N–H and O–H groups in total. The predicted octanol–water partition coefficient (Wildman–Crippen LogP) is 0.503. The van der Waals surface area contributed by atoms with E-state index in [9.17, 15) is 4.79 Å². The van der Waals surface area contributed by atoms with Crippen LogP contribution in [-0.2, 0) is 12.0 Å². The number of hydrogen-bond donors (Lipinski definition) is 0. The summed E-state index contributed by atoms with van der Waals surface area (Å²) in [7, 11) is 0. The van der Waals surface area contributed by atoms with Gasteiger partial charge in [0.1, 0.15) is 0 Å². The SMILES string of the molecule is CC(C)(C)c1noc(=O)n1Cc1nnnn1C1CC1. The lowest BCUT2D eigenvalue weighted by Crippen LogP contribution is -2.26. The maximum absolute atomic E-state index is 11.8. The molecule has 2 aromatic heterocycles. The topological polar surface area (TPSA) is 91.6 Å². The van der Waals surface area contributed by atoms with E-state index < -0.39 is 5.76 Å². The molecule has 2 heterocycles. The van der Waals surface area contributed by atoms with E-state index in [-0.39, 0.29) is 5.41 Å². The Morgan fingerprint density at radius 3 is 2.74 bits per heavy atom. The van der Waals surface area contributed by atoms with Crippen LogP contribution in [0.2, 0.25) is 0 Å². The van der Waals surface area contributed by atoms with Crippen molar-refractivity contribution in [3.63, 3.8) is 0 Å². The average Bonchev–Trinajstić information content (AvgIpc) is 2.95. The fraction of sp³-hybridized carbons (Fsp3) is 0.727. The van der Waals surface area contributed by atoms with Crippen LogP contribution < -0.4 is 5.76 Å². The van der Waals surface area contributed by atoms with Gasteiger partial charge in [0.05, 0.1) is 12.6 Å². The van der Waals surface area contributed by atoms with Crippen molar-refractivity contribution < 1.29 is 4.52 Å². The zero-order valence-corrected chi connectivity index (χ0v) is 11.2. The molecule has 0 saturated heterocycles. The second-order valence-electron chi connectivity index (χ2n) is 5.88. The first kappa shape index (κ1) is 12.1. The number of tetrazole rings is 1. The second kappa shape index (κ2) is 4.01. The van der Waals surface area contributed by atoms with Gasteiger partial charge in [-0.05, 0) is 23.3 Å². The Morgan fingerprint density at radius 1 is 1.37 bits per heavy atom. The fourth-order valence-electron chi connectivity index (χ4n) is 2.01. The first-order valence-electron chi connectivity index (χ1n) is 6.30. The Balaban J connectivity index is 1.97. The van der Waals surface area contributed by atoms with Crippen molar-refractivity contribution in [2.24, 2.45) is 0 Å². The third kappa shape index (κ3) is 2.18. The third-order valence-corrected chi connectivity index (χ3v) is 3.11. The quantitative estimate of drug-likeness (QED) is 0.801. The lowest BCUT2D eigenvalue weighted by atomic mass is 9.96. The van der Waals surface area contributed by atoms with Gasteiger partial charge in [-0.1, -0.05) is 25.9 Å². The average molecular weight is 264 g/mol. The van der Waals surface area contributed by atoms with E-state index >= 15 is 0 Å². The lowest BCUT2D eigenvalue weighted by Gasteiger charge is -2.16. The molecule has 0 unspecified atom stereocenters. The zero-order chi connectivity index (χ0) is 13.6. The molecular formula is C11H16N6O2. The molecule has 0 aromatic carbocycles. The molecule has 0 bridgehead atoms. The minimum Gasteiger partial charge on any atom is -0.296 e. The van der Waals surface area contributed by atoms with Gasteiger partial charge >= 0.3 is 5.76 Å². The fourth-order valence-corrected chi connectivity index (χ4v) is 2.01. The van der Waals surface area contributed by atoms with Gasteiger partial charge in [-0.2, -0.15) is 0 Å². The van der Waals surface area contributed by atoms with Crippen LogP contribution in [0.5, 0.6) is 0 Å². The molecule has 1 fully saturated rings. The number of aromatic nitrogens is 6. The van der Waals surface area contributed by atoms with E-state index in [4.69, 9.17) is 4.52 Å². The lowest BCUT2D eigenvalue weighted by molar-refractivity contribution is 0.366. The summed E-state index contributed by atoms with van der Waals surface area (Å²) in [5.41, 5.74) is -0.274. The Kier molecular flexibility index (Phi) is 2.54. The van der Waals surface area contributed by atoms with Crippen LogP contribution in [0.15, 0.2) is 9.32 Å². The van der Waals surface area contributed by atoms with Crippen molar-refractivity contribution in [2.75, 3.05) is 0 Å². The summed E-state index contributed by atoms with van der Waals surface area (Å²) in [4.78, 5) is 11.8. The van der Waals surface area contributed by atoms with Crippen LogP contribution >= 0.6 is 0 Å². The molecule has 102 valence electrons. The largest absolute Gasteiger partial charge is 0.442 e. The van der Waals surface area contributed by atoms with Crippen LogP contribution in [0.4, 0.5) is 0 Å². The predicted molar refractivity (Wildman–Crippen MR) is 64.7 cm³/mol. The van der Waals surface area contributed by atoms with E-state index in [1.165, 1.54) is 4.57 Å². The Labute approximate surface area is 109 Å². The Morgan fingerprint density at radius 2 is 2.11 bits per heavy atom. The molecule has 0 amide bonds. The molecule has 8 heteroatoms. The maximum Gasteiger partial charge on any atom is 0.442 e. The highest BCUT2D eigenvalue weighted by Gasteiger charge is 2.30. The van der Waals surface area contributed by atoms with E-state index in [2.05, 4.69) is 20.7 Å². The normalized spacial score (nSPS) is 15.9. The number of hydrogen-bond acceptors (Lipinski definition) is 6. The molecule has 1 aliphatic rings. The summed E-state index contributed by atoms with van der Waals surface area (Å²) in [5.74, 6) is 0.788. The molecular weight excluding hydrogens is 248 g/mol. The Hall–Kier alpha value is -1.99. The van der Waals surface area contributed by atoms with Crippen LogP contribution in [0.3, 0.4) is 0 Å². The first-order valence-corrected chi connectivity index (χ1v) is 6.30. The van der Waals surface area contributed by atoms with Gasteiger partial charge in [0.25, 0.3) is 0 Å². The van der Waals surface area contributed by atoms with E-state index in [0.717, 1.165) is 12.8 Å². The molecule has 2 aromatic rings. The molecule has 0 aliphatic heterocycles. The molecule has 1 aliphatic carbocycles. The molecule has 19 heavy (non-hydrogen) atoms. The van der Waals surface area contributed by atoms with E-state index in [1.54, 1.807) is 4.68 Å². The highest BCUT2D eigenvalue weighted by atomic mass is 16.5. The van der Waals surface area contributed by atoms with Crippen molar-refractivity contribution in [3.05, 3.63) is 22.2 Å². The van der Waals surface area contributed by atoms with Crippen molar-refractivity contribution >= 4 is 0 Å². The second-order valence-corrected chi connectivity index (χ2v) is 5.88. The van der Waals surface area contributed by atoms with Gasteiger partial charge in [-0.3, -0.25) is 9.09 Å². The van der Waals surface area contributed by atoms with Gasteiger partial charge in [-0.15, -0.1) is 5.10 Å². The zero-order valence-electron chi connectivity index (χ0n) is 11.2.